The fourth-order valence-corrected chi connectivity index (χ4v) is 2.24. The molecule has 0 amide bonds. The number of aliphatic hydroxyl groups excluding tert-OH is 1. The molecule has 2 heterocycles. The molecule has 0 spiro atoms. The lowest BCUT2D eigenvalue weighted by Crippen LogP contribution is -2.59. The summed E-state index contributed by atoms with van der Waals surface area (Å²) in [5, 5.41) is 28.8. The van der Waals surface area contributed by atoms with Crippen LogP contribution >= 0.6 is 0 Å². The molecule has 2 aliphatic heterocycles. The van der Waals surface area contributed by atoms with Crippen molar-refractivity contribution in [3.8, 4) is 0 Å². The van der Waals surface area contributed by atoms with Crippen LogP contribution in [0.15, 0.2) is 0 Å². The second-order valence-corrected chi connectivity index (χ2v) is 4.03. The fourth-order valence-electron chi connectivity index (χ4n) is 2.24. The topological polar surface area (TPSA) is 123 Å². The lowest BCUT2D eigenvalue weighted by molar-refractivity contribution is -0.175. The molecule has 0 bridgehead atoms. The highest BCUT2D eigenvalue weighted by atomic mass is 16.6. The molecule has 8 heteroatoms. The number of carboxylic acid groups (broad SMARTS) is 1. The number of hydrogen-bond donors (Lipinski definition) is 3. The molecule has 0 aromatic heterocycles. The Labute approximate surface area is 95.7 Å². The first-order valence-electron chi connectivity index (χ1n) is 4.87. The average molecular weight is 248 g/mol. The maximum absolute atomic E-state index is 11.4. The van der Waals surface area contributed by atoms with E-state index in [1.807, 2.05) is 0 Å². The molecule has 0 aromatic carbocycles. The van der Waals surface area contributed by atoms with E-state index in [1.54, 1.807) is 0 Å². The minimum absolute atomic E-state index is 0.337. The molecule has 8 nitrogen and oxygen atoms in total. The van der Waals surface area contributed by atoms with Crippen LogP contribution in [0.4, 0.5) is 0 Å². The Balaban J connectivity index is 2.42. The van der Waals surface area contributed by atoms with Crippen LogP contribution in [-0.4, -0.2) is 71.0 Å². The van der Waals surface area contributed by atoms with E-state index >= 15 is 0 Å². The van der Waals surface area contributed by atoms with E-state index in [1.165, 1.54) is 0 Å². The monoisotopic (exact) mass is 248 g/mol. The summed E-state index contributed by atoms with van der Waals surface area (Å²) in [6.45, 7) is -0.941. The zero-order valence-corrected chi connectivity index (χ0v) is 8.95. The first kappa shape index (κ1) is 12.2. The molecule has 96 valence electrons. The van der Waals surface area contributed by atoms with E-state index < -0.39 is 42.0 Å². The minimum Gasteiger partial charge on any atom is -0.479 e. The number of methoxy groups -OCH3 is 1. The fraction of sp³-hybridized carbons (Fsp3) is 0.778. The molecule has 2 rings (SSSR count). The Morgan fingerprint density at radius 2 is 2.12 bits per heavy atom. The second-order valence-electron chi connectivity index (χ2n) is 4.03. The Bertz CT molecular complexity index is 368. The molecule has 2 saturated heterocycles. The van der Waals surface area contributed by atoms with Crippen molar-refractivity contribution < 1.29 is 39.1 Å². The van der Waals surface area contributed by atoms with Crippen LogP contribution in [-0.2, 0) is 23.8 Å². The number of fused-ring (bicyclic) bond motifs is 1. The normalized spacial score (nSPS) is 44.4. The Kier molecular flexibility index (Phi) is 2.62. The molecule has 2 fully saturated rings. The number of hydrogen-bond acceptors (Lipinski definition) is 7. The lowest BCUT2D eigenvalue weighted by Gasteiger charge is -2.27. The third-order valence-electron chi connectivity index (χ3n) is 3.14. The molecular weight excluding hydrogens is 236 g/mol. The van der Waals surface area contributed by atoms with Gasteiger partial charge in [-0.2, -0.15) is 0 Å². The zero-order valence-electron chi connectivity index (χ0n) is 8.95. The van der Waals surface area contributed by atoms with Crippen molar-refractivity contribution in [1.29, 1.82) is 0 Å². The number of carboxylic acids is 1. The summed E-state index contributed by atoms with van der Waals surface area (Å²) in [5.74, 6) is -2.55. The van der Waals surface area contributed by atoms with Gasteiger partial charge in [0, 0.05) is 0 Å². The summed E-state index contributed by atoms with van der Waals surface area (Å²) in [6.07, 6.45) is -2.95. The smallest absolute Gasteiger partial charge is 0.343 e. The van der Waals surface area contributed by atoms with Crippen LogP contribution < -0.4 is 0 Å². The van der Waals surface area contributed by atoms with Crippen LogP contribution in [0.2, 0.25) is 0 Å². The summed E-state index contributed by atoms with van der Waals surface area (Å²) in [7, 11) is 1.05. The van der Waals surface area contributed by atoms with Gasteiger partial charge in [0.1, 0.15) is 12.2 Å². The van der Waals surface area contributed by atoms with Gasteiger partial charge in [0.2, 0.25) is 11.2 Å². The van der Waals surface area contributed by atoms with Gasteiger partial charge >= 0.3 is 11.9 Å². The third-order valence-corrected chi connectivity index (χ3v) is 3.14. The average Bonchev–Trinajstić information content (AvgIpc) is 2.78. The van der Waals surface area contributed by atoms with Gasteiger partial charge < -0.3 is 29.5 Å². The maximum Gasteiger partial charge on any atom is 0.343 e. The highest BCUT2D eigenvalue weighted by Gasteiger charge is 2.73. The summed E-state index contributed by atoms with van der Waals surface area (Å²) in [5.41, 5.74) is -4.34. The molecule has 0 saturated carbocycles. The van der Waals surface area contributed by atoms with Crippen molar-refractivity contribution in [2.75, 3.05) is 20.3 Å². The Hall–Kier alpha value is -1.22. The van der Waals surface area contributed by atoms with E-state index in [0.717, 1.165) is 7.11 Å². The number of carbonyl (C=O) groups excluding carboxylic acids is 1. The summed E-state index contributed by atoms with van der Waals surface area (Å²) >= 11 is 0. The quantitative estimate of drug-likeness (QED) is 0.458. The molecule has 17 heavy (non-hydrogen) atoms. The molecule has 0 unspecified atom stereocenters. The van der Waals surface area contributed by atoms with Crippen molar-refractivity contribution in [1.82, 2.24) is 0 Å². The van der Waals surface area contributed by atoms with Gasteiger partial charge in [0.15, 0.2) is 0 Å². The van der Waals surface area contributed by atoms with Crippen molar-refractivity contribution in [3.63, 3.8) is 0 Å². The van der Waals surface area contributed by atoms with Gasteiger partial charge in [-0.15, -0.1) is 0 Å². The number of ether oxygens (including phenoxy) is 3. The van der Waals surface area contributed by atoms with Crippen LogP contribution in [0.1, 0.15) is 0 Å². The zero-order chi connectivity index (χ0) is 12.8. The number of rotatable bonds is 2. The number of aliphatic carboxylic acids is 1. The van der Waals surface area contributed by atoms with Crippen molar-refractivity contribution in [2.45, 2.75) is 23.4 Å². The van der Waals surface area contributed by atoms with Gasteiger partial charge in [-0.25, -0.2) is 9.59 Å². The largest absolute Gasteiger partial charge is 0.479 e. The van der Waals surface area contributed by atoms with E-state index in [-0.39, 0.29) is 6.61 Å². The summed E-state index contributed by atoms with van der Waals surface area (Å²) < 4.78 is 14.3. The third kappa shape index (κ3) is 1.32. The predicted molar refractivity (Wildman–Crippen MR) is 49.0 cm³/mol. The minimum atomic E-state index is -2.22. The lowest BCUT2D eigenvalue weighted by atomic mass is 9.85. The Morgan fingerprint density at radius 3 is 2.65 bits per heavy atom. The van der Waals surface area contributed by atoms with Crippen molar-refractivity contribution in [3.05, 3.63) is 0 Å². The summed E-state index contributed by atoms with van der Waals surface area (Å²) in [4.78, 5) is 22.6. The van der Waals surface area contributed by atoms with Gasteiger partial charge in [0.25, 0.3) is 0 Å². The second kappa shape index (κ2) is 3.64. The Morgan fingerprint density at radius 1 is 1.47 bits per heavy atom. The highest BCUT2D eigenvalue weighted by molar-refractivity contribution is 5.87. The van der Waals surface area contributed by atoms with Crippen molar-refractivity contribution >= 4 is 11.9 Å². The molecule has 0 aromatic rings. The highest BCUT2D eigenvalue weighted by Crippen LogP contribution is 2.43. The molecular formula is C9H12O8. The number of esters is 1. The molecule has 4 atom stereocenters. The molecule has 0 aliphatic carbocycles. The van der Waals surface area contributed by atoms with Crippen LogP contribution in [0.5, 0.6) is 0 Å². The van der Waals surface area contributed by atoms with Gasteiger partial charge in [-0.3, -0.25) is 0 Å². The van der Waals surface area contributed by atoms with E-state index in [9.17, 15) is 19.8 Å². The standard InChI is InChI=1S/C9H12O8/c1-15-7(13)8(14)3-17-9(6(11)12)4(10)2-16-5(8)9/h4-5,10,14H,2-3H2,1H3,(H,11,12)/t4-,5+,8+,9+/m0/s1. The number of carbonyl (C=O) groups is 2. The van der Waals surface area contributed by atoms with Crippen LogP contribution in [0.25, 0.3) is 0 Å². The predicted octanol–water partition coefficient (Wildman–Crippen LogP) is -2.50. The van der Waals surface area contributed by atoms with E-state index in [4.69, 9.17) is 14.6 Å². The molecule has 0 radical (unpaired) electrons. The van der Waals surface area contributed by atoms with Gasteiger partial charge in [0.05, 0.1) is 20.3 Å². The van der Waals surface area contributed by atoms with E-state index in [0.29, 0.717) is 0 Å². The summed E-state index contributed by atoms with van der Waals surface area (Å²) in [6, 6.07) is 0. The maximum atomic E-state index is 11.4. The molecule has 2 aliphatic rings. The first-order chi connectivity index (χ1) is 7.89. The van der Waals surface area contributed by atoms with Gasteiger partial charge in [-0.05, 0) is 0 Å². The van der Waals surface area contributed by atoms with Crippen LogP contribution in [0.3, 0.4) is 0 Å². The molecule has 3 N–H and O–H groups in total. The van der Waals surface area contributed by atoms with Crippen LogP contribution in [0, 0.1) is 0 Å². The van der Waals surface area contributed by atoms with E-state index in [2.05, 4.69) is 4.74 Å². The van der Waals surface area contributed by atoms with Gasteiger partial charge in [-0.1, -0.05) is 0 Å². The first-order valence-corrected chi connectivity index (χ1v) is 4.87. The number of aliphatic hydroxyl groups is 2. The van der Waals surface area contributed by atoms with Crippen molar-refractivity contribution in [2.24, 2.45) is 0 Å². The SMILES string of the molecule is COC(=O)[C@@]1(O)CO[C@]2(C(=O)O)[C@@H](O)CO[C@@H]21.